The third-order valence-corrected chi connectivity index (χ3v) is 2.82. The zero-order valence-corrected chi connectivity index (χ0v) is 13.8. The number of hydrogen-bond donors (Lipinski definition) is 4. The summed E-state index contributed by atoms with van der Waals surface area (Å²) in [4.78, 5) is 17.1. The highest BCUT2D eigenvalue weighted by molar-refractivity contribution is 5.68. The summed E-state index contributed by atoms with van der Waals surface area (Å²) in [5.41, 5.74) is 4.23. The molecule has 0 aliphatic rings. The van der Waals surface area contributed by atoms with E-state index in [4.69, 9.17) is 30.0 Å². The first-order valence-corrected chi connectivity index (χ1v) is 7.04. The Morgan fingerprint density at radius 3 is 1.50 bits per heavy atom. The third-order valence-electron chi connectivity index (χ3n) is 2.82. The Bertz CT molecular complexity index is 624. The van der Waals surface area contributed by atoms with Crippen molar-refractivity contribution in [1.29, 1.82) is 0 Å². The van der Waals surface area contributed by atoms with Crippen LogP contribution in [-0.2, 0) is 5.41 Å². The second-order valence-corrected chi connectivity index (χ2v) is 5.73. The summed E-state index contributed by atoms with van der Waals surface area (Å²) >= 11 is 0. The fourth-order valence-electron chi connectivity index (χ4n) is 2.01. The maximum atomic E-state index is 8.56. The maximum absolute atomic E-state index is 8.56. The van der Waals surface area contributed by atoms with Gasteiger partial charge in [-0.1, -0.05) is 75.4 Å². The van der Waals surface area contributed by atoms with Crippen LogP contribution >= 0.6 is 0 Å². The summed E-state index contributed by atoms with van der Waals surface area (Å²) in [7, 11) is 0. The fourth-order valence-corrected chi connectivity index (χ4v) is 2.01. The van der Waals surface area contributed by atoms with E-state index in [0.717, 1.165) is 0 Å². The first kappa shape index (κ1) is 21.0. The second-order valence-electron chi connectivity index (χ2n) is 5.73. The topological polar surface area (TPSA) is 115 Å². The molecule has 0 saturated carbocycles. The van der Waals surface area contributed by atoms with E-state index in [-0.39, 0.29) is 5.41 Å². The van der Waals surface area contributed by atoms with Crippen molar-refractivity contribution >= 4 is 12.3 Å². The van der Waals surface area contributed by atoms with Gasteiger partial charge in [-0.15, -0.1) is 0 Å². The van der Waals surface area contributed by atoms with Crippen molar-refractivity contribution in [2.45, 2.75) is 26.2 Å². The van der Waals surface area contributed by atoms with Crippen LogP contribution in [-0.4, -0.2) is 32.7 Å². The Balaban J connectivity index is 0.000000558. The van der Waals surface area contributed by atoms with Crippen molar-refractivity contribution in [3.8, 4) is 11.1 Å². The molecule has 24 heavy (non-hydrogen) atoms. The minimum atomic E-state index is -1.83. The lowest BCUT2D eigenvalue weighted by molar-refractivity contribution is 0.135. The molecule has 0 spiro atoms. The highest BCUT2D eigenvalue weighted by atomic mass is 16.6. The minimum Gasteiger partial charge on any atom is -0.450 e. The van der Waals surface area contributed by atoms with Crippen LogP contribution in [0.4, 0.5) is 9.59 Å². The van der Waals surface area contributed by atoms with Crippen molar-refractivity contribution in [1.82, 2.24) is 0 Å². The van der Waals surface area contributed by atoms with E-state index in [1.165, 1.54) is 16.7 Å². The lowest BCUT2D eigenvalue weighted by atomic mass is 9.82. The predicted octanol–water partition coefficient (Wildman–Crippen LogP) is 5.10. The molecule has 6 heteroatoms. The molecule has 0 aliphatic carbocycles. The summed E-state index contributed by atoms with van der Waals surface area (Å²) in [5.74, 6) is 0. The van der Waals surface area contributed by atoms with Crippen LogP contribution in [0.5, 0.6) is 0 Å². The van der Waals surface area contributed by atoms with Gasteiger partial charge in [0, 0.05) is 0 Å². The van der Waals surface area contributed by atoms with Gasteiger partial charge in [0.1, 0.15) is 0 Å². The number of hydrogen-bond acceptors (Lipinski definition) is 2. The van der Waals surface area contributed by atoms with Gasteiger partial charge in [0.05, 0.1) is 0 Å². The fraction of sp³-hybridized carbons (Fsp3) is 0.222. The highest BCUT2D eigenvalue weighted by Crippen LogP contribution is 2.32. The monoisotopic (exact) mass is 334 g/mol. The van der Waals surface area contributed by atoms with Crippen molar-refractivity contribution in [3.63, 3.8) is 0 Å². The average molecular weight is 334 g/mol. The minimum absolute atomic E-state index is 0.187. The molecule has 0 saturated heterocycles. The van der Waals surface area contributed by atoms with Gasteiger partial charge in [-0.05, 0) is 22.1 Å². The molecule has 130 valence electrons. The van der Waals surface area contributed by atoms with Gasteiger partial charge in [0.2, 0.25) is 0 Å². The molecule has 4 N–H and O–H groups in total. The summed E-state index contributed by atoms with van der Waals surface area (Å²) in [6, 6.07) is 19.2. The van der Waals surface area contributed by atoms with Crippen molar-refractivity contribution in [2.24, 2.45) is 0 Å². The van der Waals surface area contributed by atoms with Crippen LogP contribution in [0.2, 0.25) is 0 Å². The summed E-state index contributed by atoms with van der Waals surface area (Å²) < 4.78 is 0. The number of carboxylic acid groups (broad SMARTS) is 4. The quantitative estimate of drug-likeness (QED) is 0.577. The summed E-state index contributed by atoms with van der Waals surface area (Å²) in [6.45, 7) is 6.78. The molecule has 2 rings (SSSR count). The van der Waals surface area contributed by atoms with Gasteiger partial charge >= 0.3 is 12.3 Å². The molecule has 0 fully saturated rings. The highest BCUT2D eigenvalue weighted by Gasteiger charge is 2.17. The molecule has 2 aromatic carbocycles. The molecular formula is C18H22O6. The normalized spacial score (nSPS) is 9.62. The van der Waals surface area contributed by atoms with E-state index >= 15 is 0 Å². The van der Waals surface area contributed by atoms with Gasteiger partial charge in [0.15, 0.2) is 0 Å². The molecule has 0 atom stereocenters. The lowest BCUT2D eigenvalue weighted by Crippen LogP contribution is -2.12. The molecule has 0 heterocycles. The van der Waals surface area contributed by atoms with Crippen LogP contribution in [0, 0.1) is 0 Å². The van der Waals surface area contributed by atoms with Crippen LogP contribution in [0.15, 0.2) is 54.6 Å². The first-order chi connectivity index (χ1) is 11.1. The Morgan fingerprint density at radius 1 is 0.708 bits per heavy atom. The van der Waals surface area contributed by atoms with E-state index in [2.05, 4.69) is 75.4 Å². The van der Waals surface area contributed by atoms with Gasteiger partial charge in [-0.3, -0.25) is 0 Å². The second kappa shape index (κ2) is 9.89. The average Bonchev–Trinajstić information content (AvgIpc) is 2.46. The van der Waals surface area contributed by atoms with E-state index in [0.29, 0.717) is 0 Å². The van der Waals surface area contributed by atoms with Crippen LogP contribution in [0.3, 0.4) is 0 Å². The Morgan fingerprint density at radius 2 is 1.08 bits per heavy atom. The SMILES string of the molecule is CC(C)(C)c1ccccc1-c1ccccc1.O=C(O)O.O=C(O)O. The molecule has 0 amide bonds. The summed E-state index contributed by atoms with van der Waals surface area (Å²) in [5, 5.41) is 27.9. The molecule has 0 bridgehead atoms. The van der Waals surface area contributed by atoms with E-state index < -0.39 is 12.3 Å². The zero-order valence-electron chi connectivity index (χ0n) is 13.8. The Labute approximate surface area is 140 Å². The molecule has 0 aliphatic heterocycles. The number of carbonyl (C=O) groups is 2. The van der Waals surface area contributed by atoms with Crippen LogP contribution in [0.25, 0.3) is 11.1 Å². The molecule has 0 aromatic heterocycles. The van der Waals surface area contributed by atoms with Gasteiger partial charge in [0.25, 0.3) is 0 Å². The van der Waals surface area contributed by atoms with E-state index in [1.807, 2.05) is 0 Å². The van der Waals surface area contributed by atoms with E-state index in [9.17, 15) is 0 Å². The smallest absolute Gasteiger partial charge is 0.450 e. The third kappa shape index (κ3) is 9.09. The predicted molar refractivity (Wildman–Crippen MR) is 91.9 cm³/mol. The van der Waals surface area contributed by atoms with Crippen molar-refractivity contribution in [3.05, 3.63) is 60.2 Å². The Kier molecular flexibility index (Phi) is 8.64. The van der Waals surface area contributed by atoms with Gasteiger partial charge in [-0.25, -0.2) is 9.59 Å². The Hall–Kier alpha value is -3.02. The molecule has 2 aromatic rings. The largest absolute Gasteiger partial charge is 0.503 e. The maximum Gasteiger partial charge on any atom is 0.503 e. The lowest BCUT2D eigenvalue weighted by Gasteiger charge is -2.23. The van der Waals surface area contributed by atoms with Gasteiger partial charge in [-0.2, -0.15) is 0 Å². The zero-order chi connectivity index (χ0) is 18.8. The molecule has 0 unspecified atom stereocenters. The van der Waals surface area contributed by atoms with Crippen LogP contribution < -0.4 is 0 Å². The van der Waals surface area contributed by atoms with E-state index in [1.54, 1.807) is 0 Å². The van der Waals surface area contributed by atoms with Crippen molar-refractivity contribution < 1.29 is 30.0 Å². The number of rotatable bonds is 1. The molecule has 6 nitrogen and oxygen atoms in total. The number of benzene rings is 2. The first-order valence-electron chi connectivity index (χ1n) is 7.04. The molecular weight excluding hydrogens is 312 g/mol. The van der Waals surface area contributed by atoms with Gasteiger partial charge < -0.3 is 20.4 Å². The van der Waals surface area contributed by atoms with Crippen molar-refractivity contribution in [2.75, 3.05) is 0 Å². The summed E-state index contributed by atoms with van der Waals surface area (Å²) in [6.07, 6.45) is -3.67. The standard InChI is InChI=1S/C16H18.2CH2O3/c1-16(2,3)15-12-8-7-11-14(15)13-9-5-4-6-10-13;2*2-1(3)4/h4-12H,1-3H3;2*(H2,2,3,4). The van der Waals surface area contributed by atoms with Crippen LogP contribution in [0.1, 0.15) is 26.3 Å². The molecule has 0 radical (unpaired) electrons.